The summed E-state index contributed by atoms with van der Waals surface area (Å²) in [6.07, 6.45) is 0. The van der Waals surface area contributed by atoms with Gasteiger partial charge in [0.25, 0.3) is 0 Å². The van der Waals surface area contributed by atoms with Crippen LogP contribution in [0.3, 0.4) is 0 Å². The zero-order chi connectivity index (χ0) is 13.7. The first-order valence-electron chi connectivity index (χ1n) is 5.37. The van der Waals surface area contributed by atoms with Gasteiger partial charge in [0, 0.05) is 19.2 Å². The Balaban J connectivity index is 2.80. The summed E-state index contributed by atoms with van der Waals surface area (Å²) >= 11 is 1.30. The lowest BCUT2D eigenvalue weighted by Gasteiger charge is -2.08. The monoisotopic (exact) mass is 269 g/mol. The maximum Gasteiger partial charge on any atom is 0.340 e. The predicted molar refractivity (Wildman–Crippen MR) is 67.9 cm³/mol. The Kier molecular flexibility index (Phi) is 5.08. The number of carboxylic acids is 1. The van der Waals surface area contributed by atoms with Crippen molar-refractivity contribution in [1.82, 2.24) is 15.3 Å². The average Bonchev–Trinajstić information content (AvgIpc) is 2.22. The molecule has 0 unspecified atom stereocenters. The van der Waals surface area contributed by atoms with Gasteiger partial charge in [-0.05, 0) is 13.8 Å². The fraction of sp³-hybridized carbons (Fsp3) is 0.455. The van der Waals surface area contributed by atoms with Crippen LogP contribution >= 0.6 is 11.8 Å². The molecule has 0 fully saturated rings. The smallest absolute Gasteiger partial charge is 0.340 e. The number of nitrogens with zero attached hydrogens (tertiary/aromatic N) is 2. The van der Waals surface area contributed by atoms with Crippen molar-refractivity contribution in [3.63, 3.8) is 0 Å². The van der Waals surface area contributed by atoms with Crippen LogP contribution in [0.5, 0.6) is 0 Å². The van der Waals surface area contributed by atoms with Gasteiger partial charge in [-0.15, -0.1) is 11.8 Å². The first kappa shape index (κ1) is 14.4. The van der Waals surface area contributed by atoms with Gasteiger partial charge in [-0.3, -0.25) is 4.79 Å². The number of carbonyl (C=O) groups is 2. The summed E-state index contributed by atoms with van der Waals surface area (Å²) in [5, 5.41) is 12.2. The van der Waals surface area contributed by atoms with E-state index < -0.39 is 5.97 Å². The van der Waals surface area contributed by atoms with Crippen molar-refractivity contribution in [2.75, 3.05) is 12.3 Å². The van der Waals surface area contributed by atoms with Gasteiger partial charge in [0.15, 0.2) is 0 Å². The zero-order valence-electron chi connectivity index (χ0n) is 10.5. The van der Waals surface area contributed by atoms with E-state index >= 15 is 0 Å². The normalized spacial score (nSPS) is 10.2. The van der Waals surface area contributed by atoms with Crippen LogP contribution in [-0.4, -0.2) is 39.2 Å². The van der Waals surface area contributed by atoms with E-state index in [2.05, 4.69) is 15.3 Å². The second-order valence-corrected chi connectivity index (χ2v) is 4.76. The van der Waals surface area contributed by atoms with Crippen molar-refractivity contribution >= 4 is 23.6 Å². The topological polar surface area (TPSA) is 92.2 Å². The SMILES string of the molecule is CC(=O)NCCSc1nc(C)nc(C)c1C(=O)O. The number of aromatic carboxylic acids is 1. The molecule has 1 aromatic rings. The number of thioether (sulfide) groups is 1. The first-order valence-corrected chi connectivity index (χ1v) is 6.36. The second kappa shape index (κ2) is 6.34. The third-order valence-electron chi connectivity index (χ3n) is 2.10. The average molecular weight is 269 g/mol. The Hall–Kier alpha value is -1.63. The van der Waals surface area contributed by atoms with E-state index in [0.717, 1.165) is 0 Å². The van der Waals surface area contributed by atoms with Crippen LogP contribution in [0, 0.1) is 13.8 Å². The van der Waals surface area contributed by atoms with Crippen molar-refractivity contribution in [3.05, 3.63) is 17.1 Å². The Morgan fingerprint density at radius 2 is 2.00 bits per heavy atom. The highest BCUT2D eigenvalue weighted by molar-refractivity contribution is 7.99. The minimum absolute atomic E-state index is 0.107. The molecule has 98 valence electrons. The lowest BCUT2D eigenvalue weighted by molar-refractivity contribution is -0.118. The maximum atomic E-state index is 11.1. The van der Waals surface area contributed by atoms with Gasteiger partial charge < -0.3 is 10.4 Å². The lowest BCUT2D eigenvalue weighted by Crippen LogP contribution is -2.22. The molecule has 1 rings (SSSR count). The number of aromatic nitrogens is 2. The highest BCUT2D eigenvalue weighted by atomic mass is 32.2. The summed E-state index contributed by atoms with van der Waals surface area (Å²) in [4.78, 5) is 30.0. The molecule has 18 heavy (non-hydrogen) atoms. The highest BCUT2D eigenvalue weighted by Gasteiger charge is 2.17. The van der Waals surface area contributed by atoms with Crippen LogP contribution in [0.1, 0.15) is 28.8 Å². The molecule has 1 amide bonds. The van der Waals surface area contributed by atoms with Gasteiger partial charge in [0.05, 0.1) is 5.69 Å². The van der Waals surface area contributed by atoms with Crippen molar-refractivity contribution in [3.8, 4) is 0 Å². The van der Waals surface area contributed by atoms with Gasteiger partial charge in [-0.1, -0.05) is 0 Å². The van der Waals surface area contributed by atoms with E-state index in [4.69, 9.17) is 5.11 Å². The van der Waals surface area contributed by atoms with Crippen LogP contribution in [0.15, 0.2) is 5.03 Å². The molecule has 0 aliphatic rings. The van der Waals surface area contributed by atoms with Crippen molar-refractivity contribution < 1.29 is 14.7 Å². The van der Waals surface area contributed by atoms with Gasteiger partial charge in [-0.25, -0.2) is 14.8 Å². The number of aryl methyl sites for hydroxylation is 2. The number of carbonyl (C=O) groups excluding carboxylic acids is 1. The molecule has 1 heterocycles. The molecule has 0 spiro atoms. The Morgan fingerprint density at radius 3 is 2.56 bits per heavy atom. The molecule has 0 radical (unpaired) electrons. The number of hydrogen-bond donors (Lipinski definition) is 2. The third-order valence-corrected chi connectivity index (χ3v) is 3.07. The Bertz CT molecular complexity index is 477. The molecule has 0 aliphatic heterocycles. The van der Waals surface area contributed by atoms with Crippen LogP contribution < -0.4 is 5.32 Å². The second-order valence-electron chi connectivity index (χ2n) is 3.67. The van der Waals surface area contributed by atoms with Crippen molar-refractivity contribution in [2.24, 2.45) is 0 Å². The predicted octanol–water partition coefficient (Wildman–Crippen LogP) is 1.02. The number of nitrogens with one attached hydrogen (secondary N) is 1. The molecule has 0 saturated carbocycles. The first-order chi connectivity index (χ1) is 8.41. The maximum absolute atomic E-state index is 11.1. The van der Waals surface area contributed by atoms with Gasteiger partial charge in [-0.2, -0.15) is 0 Å². The molecule has 0 bridgehead atoms. The number of carboxylic acid groups (broad SMARTS) is 1. The molecule has 0 aromatic carbocycles. The van der Waals surface area contributed by atoms with E-state index in [0.29, 0.717) is 28.8 Å². The van der Waals surface area contributed by atoms with E-state index in [1.807, 2.05) is 0 Å². The fourth-order valence-corrected chi connectivity index (χ4v) is 2.38. The third kappa shape index (κ3) is 3.99. The van der Waals surface area contributed by atoms with E-state index in [9.17, 15) is 9.59 Å². The molecule has 2 N–H and O–H groups in total. The standard InChI is InChI=1S/C11H15N3O3S/c1-6-9(11(16)17)10(14-7(2)13-6)18-5-4-12-8(3)15/h4-5H2,1-3H3,(H,12,15)(H,16,17). The summed E-state index contributed by atoms with van der Waals surface area (Å²) in [7, 11) is 0. The lowest BCUT2D eigenvalue weighted by atomic mass is 10.2. The van der Waals surface area contributed by atoms with Crippen LogP contribution in [0.4, 0.5) is 0 Å². The quantitative estimate of drug-likeness (QED) is 0.471. The van der Waals surface area contributed by atoms with Crippen LogP contribution in [0.2, 0.25) is 0 Å². The van der Waals surface area contributed by atoms with E-state index in [1.54, 1.807) is 13.8 Å². The van der Waals surface area contributed by atoms with E-state index in [-0.39, 0.29) is 11.5 Å². The minimum atomic E-state index is -1.03. The number of amides is 1. The highest BCUT2D eigenvalue weighted by Crippen LogP contribution is 2.22. The molecule has 0 aliphatic carbocycles. The summed E-state index contributed by atoms with van der Waals surface area (Å²) in [5.41, 5.74) is 0.588. The van der Waals surface area contributed by atoms with Gasteiger partial charge in [0.2, 0.25) is 5.91 Å². The molecule has 0 saturated heterocycles. The minimum Gasteiger partial charge on any atom is -0.478 e. The summed E-state index contributed by atoms with van der Waals surface area (Å²) < 4.78 is 0. The Morgan fingerprint density at radius 1 is 1.33 bits per heavy atom. The molecule has 6 nitrogen and oxygen atoms in total. The molecule has 1 aromatic heterocycles. The van der Waals surface area contributed by atoms with Gasteiger partial charge in [0.1, 0.15) is 16.4 Å². The molecule has 7 heteroatoms. The number of rotatable bonds is 5. The molecule has 0 atom stereocenters. The van der Waals surface area contributed by atoms with Crippen LogP contribution in [0.25, 0.3) is 0 Å². The largest absolute Gasteiger partial charge is 0.478 e. The summed E-state index contributed by atoms with van der Waals surface area (Å²) in [5.74, 6) is -0.0337. The molecular formula is C11H15N3O3S. The van der Waals surface area contributed by atoms with Gasteiger partial charge >= 0.3 is 5.97 Å². The van der Waals surface area contributed by atoms with Crippen molar-refractivity contribution in [1.29, 1.82) is 0 Å². The summed E-state index contributed by atoms with van der Waals surface area (Å²) in [6, 6.07) is 0. The van der Waals surface area contributed by atoms with Crippen molar-refractivity contribution in [2.45, 2.75) is 25.8 Å². The zero-order valence-corrected chi connectivity index (χ0v) is 11.3. The Labute approximate surface area is 109 Å². The van der Waals surface area contributed by atoms with E-state index in [1.165, 1.54) is 18.7 Å². The molecular weight excluding hydrogens is 254 g/mol. The number of hydrogen-bond acceptors (Lipinski definition) is 5. The fourth-order valence-electron chi connectivity index (χ4n) is 1.41. The van der Waals surface area contributed by atoms with Crippen LogP contribution in [-0.2, 0) is 4.79 Å². The summed E-state index contributed by atoms with van der Waals surface area (Å²) in [6.45, 7) is 5.28.